The van der Waals surface area contributed by atoms with E-state index >= 15 is 0 Å². The summed E-state index contributed by atoms with van der Waals surface area (Å²) in [7, 11) is 1.69. The molecule has 124 valence electrons. The molecule has 0 atom stereocenters. The molecule has 1 heterocycles. The average Bonchev–Trinajstić information content (AvgIpc) is 2.45. The van der Waals surface area contributed by atoms with E-state index in [0.29, 0.717) is 18.7 Å². The highest BCUT2D eigenvalue weighted by atomic mass is 19.4. The highest BCUT2D eigenvalue weighted by molar-refractivity contribution is 5.31. The van der Waals surface area contributed by atoms with Crippen LogP contribution in [0.15, 0.2) is 18.2 Å². The van der Waals surface area contributed by atoms with Crippen LogP contribution < -0.4 is 0 Å². The first kappa shape index (κ1) is 17.2. The van der Waals surface area contributed by atoms with Gasteiger partial charge in [0.05, 0.1) is 12.2 Å². The average molecular weight is 316 g/mol. The van der Waals surface area contributed by atoms with E-state index in [9.17, 15) is 13.2 Å². The Labute approximate surface area is 129 Å². The van der Waals surface area contributed by atoms with Crippen LogP contribution in [0, 0.1) is 6.92 Å². The summed E-state index contributed by atoms with van der Waals surface area (Å²) in [6.45, 7) is 7.52. The first-order chi connectivity index (χ1) is 10.4. The van der Waals surface area contributed by atoms with Gasteiger partial charge in [0.25, 0.3) is 0 Å². The predicted molar refractivity (Wildman–Crippen MR) is 79.8 cm³/mol. The number of hydrogen-bond acceptors (Lipinski definition) is 3. The van der Waals surface area contributed by atoms with Gasteiger partial charge < -0.3 is 4.74 Å². The summed E-state index contributed by atoms with van der Waals surface area (Å²) in [6.07, 6.45) is -4.28. The number of halogens is 3. The van der Waals surface area contributed by atoms with E-state index in [1.165, 1.54) is 12.1 Å². The Morgan fingerprint density at radius 1 is 1.05 bits per heavy atom. The van der Waals surface area contributed by atoms with E-state index in [1.54, 1.807) is 14.0 Å². The Balaban J connectivity index is 1.93. The molecule has 22 heavy (non-hydrogen) atoms. The van der Waals surface area contributed by atoms with Gasteiger partial charge in [0.1, 0.15) is 0 Å². The third-order valence-corrected chi connectivity index (χ3v) is 3.95. The lowest BCUT2D eigenvalue weighted by atomic mass is 10.1. The molecule has 1 saturated heterocycles. The summed E-state index contributed by atoms with van der Waals surface area (Å²) >= 11 is 0. The highest BCUT2D eigenvalue weighted by Gasteiger charge is 2.31. The number of methoxy groups -OCH3 is 1. The molecular formula is C16H23F3N2O. The summed E-state index contributed by atoms with van der Waals surface area (Å²) in [5.41, 5.74) is 0.836. The monoisotopic (exact) mass is 316 g/mol. The number of benzene rings is 1. The van der Waals surface area contributed by atoms with Crippen molar-refractivity contribution < 1.29 is 17.9 Å². The van der Waals surface area contributed by atoms with Crippen molar-refractivity contribution >= 4 is 0 Å². The number of nitrogens with zero attached hydrogens (tertiary/aromatic N) is 2. The summed E-state index contributed by atoms with van der Waals surface area (Å²) in [4.78, 5) is 4.52. The van der Waals surface area contributed by atoms with Crippen LogP contribution in [0.4, 0.5) is 13.2 Å². The maximum atomic E-state index is 12.9. The second-order valence-corrected chi connectivity index (χ2v) is 5.82. The van der Waals surface area contributed by atoms with Gasteiger partial charge in [0, 0.05) is 46.4 Å². The lowest BCUT2D eigenvalue weighted by Crippen LogP contribution is -2.46. The Morgan fingerprint density at radius 2 is 1.68 bits per heavy atom. The Bertz CT molecular complexity index is 483. The number of aryl methyl sites for hydroxylation is 1. The van der Waals surface area contributed by atoms with Crippen molar-refractivity contribution in [2.24, 2.45) is 0 Å². The van der Waals surface area contributed by atoms with Crippen molar-refractivity contribution in [2.75, 3.05) is 46.4 Å². The van der Waals surface area contributed by atoms with Crippen molar-refractivity contribution in [1.82, 2.24) is 9.80 Å². The zero-order valence-electron chi connectivity index (χ0n) is 13.1. The van der Waals surface area contributed by atoms with Crippen LogP contribution in [-0.4, -0.2) is 56.2 Å². The molecule has 0 unspecified atom stereocenters. The van der Waals surface area contributed by atoms with E-state index in [1.807, 2.05) is 6.07 Å². The zero-order valence-corrected chi connectivity index (χ0v) is 13.1. The van der Waals surface area contributed by atoms with E-state index < -0.39 is 11.7 Å². The maximum Gasteiger partial charge on any atom is 0.416 e. The molecule has 1 aromatic carbocycles. The van der Waals surface area contributed by atoms with E-state index in [-0.39, 0.29) is 0 Å². The molecule has 0 radical (unpaired) electrons. The molecule has 6 heteroatoms. The van der Waals surface area contributed by atoms with Crippen LogP contribution in [-0.2, 0) is 17.5 Å². The van der Waals surface area contributed by atoms with Gasteiger partial charge in [-0.3, -0.25) is 9.80 Å². The van der Waals surface area contributed by atoms with Crippen molar-refractivity contribution in [1.29, 1.82) is 0 Å². The Kier molecular flexibility index (Phi) is 5.83. The Morgan fingerprint density at radius 3 is 2.27 bits per heavy atom. The normalized spacial score (nSPS) is 17.9. The molecule has 2 rings (SSSR count). The summed E-state index contributed by atoms with van der Waals surface area (Å²) in [5.74, 6) is 0. The fourth-order valence-corrected chi connectivity index (χ4v) is 2.77. The predicted octanol–water partition coefficient (Wildman–Crippen LogP) is 2.78. The van der Waals surface area contributed by atoms with Crippen LogP contribution in [0.2, 0.25) is 0 Å². The molecule has 0 spiro atoms. The minimum Gasteiger partial charge on any atom is -0.383 e. The molecule has 0 aromatic heterocycles. The minimum atomic E-state index is -4.28. The SMILES string of the molecule is COCCN1CCN(Cc2cc(C)cc(C(F)(F)F)c2)CC1. The third kappa shape index (κ3) is 4.97. The molecular weight excluding hydrogens is 293 g/mol. The van der Waals surface area contributed by atoms with Crippen LogP contribution in [0.5, 0.6) is 0 Å². The molecule has 3 nitrogen and oxygen atoms in total. The van der Waals surface area contributed by atoms with Gasteiger partial charge in [-0.05, 0) is 24.6 Å². The topological polar surface area (TPSA) is 15.7 Å². The van der Waals surface area contributed by atoms with Crippen molar-refractivity contribution in [3.05, 3.63) is 34.9 Å². The van der Waals surface area contributed by atoms with E-state index in [4.69, 9.17) is 4.74 Å². The summed E-state index contributed by atoms with van der Waals surface area (Å²) < 4.78 is 43.7. The van der Waals surface area contributed by atoms with Gasteiger partial charge in [0.15, 0.2) is 0 Å². The number of ether oxygens (including phenoxy) is 1. The van der Waals surface area contributed by atoms with Gasteiger partial charge in [0.2, 0.25) is 0 Å². The van der Waals surface area contributed by atoms with Crippen LogP contribution in [0.25, 0.3) is 0 Å². The zero-order chi connectivity index (χ0) is 16.2. The van der Waals surface area contributed by atoms with Crippen molar-refractivity contribution in [3.63, 3.8) is 0 Å². The largest absolute Gasteiger partial charge is 0.416 e. The fraction of sp³-hybridized carbons (Fsp3) is 0.625. The molecule has 0 saturated carbocycles. The summed E-state index contributed by atoms with van der Waals surface area (Å²) in [6, 6.07) is 4.31. The summed E-state index contributed by atoms with van der Waals surface area (Å²) in [5, 5.41) is 0. The maximum absolute atomic E-state index is 12.9. The fourth-order valence-electron chi connectivity index (χ4n) is 2.77. The molecule has 1 aliphatic heterocycles. The van der Waals surface area contributed by atoms with Gasteiger partial charge in [-0.1, -0.05) is 11.6 Å². The van der Waals surface area contributed by atoms with E-state index in [0.717, 1.165) is 38.3 Å². The molecule has 0 aliphatic carbocycles. The van der Waals surface area contributed by atoms with Gasteiger partial charge in [-0.15, -0.1) is 0 Å². The number of alkyl halides is 3. The van der Waals surface area contributed by atoms with Gasteiger partial charge in [-0.2, -0.15) is 13.2 Å². The van der Waals surface area contributed by atoms with Gasteiger partial charge in [-0.25, -0.2) is 0 Å². The van der Waals surface area contributed by atoms with Crippen molar-refractivity contribution in [2.45, 2.75) is 19.6 Å². The van der Waals surface area contributed by atoms with Crippen LogP contribution in [0.3, 0.4) is 0 Å². The lowest BCUT2D eigenvalue weighted by Gasteiger charge is -2.34. The molecule has 0 amide bonds. The second-order valence-electron chi connectivity index (χ2n) is 5.82. The molecule has 0 bridgehead atoms. The third-order valence-electron chi connectivity index (χ3n) is 3.95. The first-order valence-corrected chi connectivity index (χ1v) is 7.50. The van der Waals surface area contributed by atoms with E-state index in [2.05, 4.69) is 9.80 Å². The van der Waals surface area contributed by atoms with Crippen molar-refractivity contribution in [3.8, 4) is 0 Å². The second kappa shape index (κ2) is 7.44. The first-order valence-electron chi connectivity index (χ1n) is 7.50. The van der Waals surface area contributed by atoms with Crippen LogP contribution in [0.1, 0.15) is 16.7 Å². The Hall–Kier alpha value is -1.11. The molecule has 1 aromatic rings. The lowest BCUT2D eigenvalue weighted by molar-refractivity contribution is -0.137. The standard InChI is InChI=1S/C16H23F3N2O/c1-13-9-14(11-15(10-13)16(17,18)19)12-21-5-3-20(4-6-21)7-8-22-2/h9-11H,3-8,12H2,1-2H3. The quantitative estimate of drug-likeness (QED) is 0.831. The minimum absolute atomic E-state index is 0.554. The molecule has 0 N–H and O–H groups in total. The molecule has 1 aliphatic rings. The number of piperazine rings is 1. The van der Waals surface area contributed by atoms with Gasteiger partial charge >= 0.3 is 6.18 Å². The number of hydrogen-bond donors (Lipinski definition) is 0. The van der Waals surface area contributed by atoms with Crippen LogP contribution >= 0.6 is 0 Å². The highest BCUT2D eigenvalue weighted by Crippen LogP contribution is 2.30. The molecule has 1 fully saturated rings. The number of rotatable bonds is 5. The smallest absolute Gasteiger partial charge is 0.383 e.